The van der Waals surface area contributed by atoms with Gasteiger partial charge in [0.05, 0.1) is 19.6 Å². The first-order valence-electron chi connectivity index (χ1n) is 8.08. The van der Waals surface area contributed by atoms with Gasteiger partial charge in [-0.2, -0.15) is 0 Å². The molecule has 2 rings (SSSR count). The summed E-state index contributed by atoms with van der Waals surface area (Å²) in [5.74, 6) is -1.14. The van der Waals surface area contributed by atoms with Gasteiger partial charge in [0.2, 0.25) is 17.7 Å². The molecule has 1 N–H and O–H groups in total. The molecule has 1 aliphatic heterocycles. The summed E-state index contributed by atoms with van der Waals surface area (Å²) in [7, 11) is 1.49. The van der Waals surface area contributed by atoms with Crippen LogP contribution < -0.4 is 10.1 Å². The molecule has 25 heavy (non-hydrogen) atoms. The Labute approximate surface area is 145 Å². The minimum atomic E-state index is -0.733. The van der Waals surface area contributed by atoms with Crippen molar-refractivity contribution in [2.75, 3.05) is 33.3 Å². The van der Waals surface area contributed by atoms with Gasteiger partial charge in [-0.3, -0.25) is 14.4 Å². The molecule has 1 saturated heterocycles. The molecule has 7 nitrogen and oxygen atoms in total. The van der Waals surface area contributed by atoms with E-state index in [9.17, 15) is 18.8 Å². The number of piperazine rings is 1. The summed E-state index contributed by atoms with van der Waals surface area (Å²) < 4.78 is 18.8. The van der Waals surface area contributed by atoms with Gasteiger partial charge in [0.15, 0.2) is 11.6 Å². The maximum Gasteiger partial charge on any atom is 0.244 e. The summed E-state index contributed by atoms with van der Waals surface area (Å²) in [6.45, 7) is 2.25. The average molecular weight is 351 g/mol. The Bertz CT molecular complexity index is 653. The van der Waals surface area contributed by atoms with Crippen molar-refractivity contribution in [3.8, 4) is 5.75 Å². The summed E-state index contributed by atoms with van der Waals surface area (Å²) in [5, 5.41) is 2.52. The number of rotatable bonds is 5. The number of nitrogens with one attached hydrogen (secondary N) is 1. The summed E-state index contributed by atoms with van der Waals surface area (Å²) >= 11 is 0. The Morgan fingerprint density at radius 1 is 1.28 bits per heavy atom. The Balaban J connectivity index is 1.95. The van der Waals surface area contributed by atoms with Gasteiger partial charge in [0.25, 0.3) is 0 Å². The second-order valence-electron chi connectivity index (χ2n) is 5.71. The van der Waals surface area contributed by atoms with Crippen LogP contribution in [0, 0.1) is 5.82 Å². The van der Waals surface area contributed by atoms with Crippen LogP contribution >= 0.6 is 0 Å². The highest BCUT2D eigenvalue weighted by Gasteiger charge is 2.35. The number of nitrogens with zero attached hydrogens (tertiary/aromatic N) is 2. The molecule has 3 amide bonds. The topological polar surface area (TPSA) is 79.0 Å². The molecule has 0 spiro atoms. The highest BCUT2D eigenvalue weighted by atomic mass is 19.1. The first-order chi connectivity index (χ1) is 11.9. The lowest BCUT2D eigenvalue weighted by molar-refractivity contribution is -0.148. The predicted octanol–water partition coefficient (Wildman–Crippen LogP) is 0.400. The molecular weight excluding hydrogens is 329 g/mol. The lowest BCUT2D eigenvalue weighted by Gasteiger charge is -2.40. The number of hydrogen-bond donors (Lipinski definition) is 1. The summed E-state index contributed by atoms with van der Waals surface area (Å²) in [6, 6.07) is 5.22. The van der Waals surface area contributed by atoms with Gasteiger partial charge in [-0.25, -0.2) is 4.39 Å². The zero-order chi connectivity index (χ0) is 18.4. The molecule has 1 heterocycles. The van der Waals surface area contributed by atoms with Crippen molar-refractivity contribution in [1.29, 1.82) is 0 Å². The van der Waals surface area contributed by atoms with Gasteiger partial charge in [-0.15, -0.1) is 0 Å². The summed E-state index contributed by atoms with van der Waals surface area (Å²) in [5.41, 5.74) is 0. The standard InChI is InChI=1S/C17H22FN3O4/c1-12(22)20-8-9-21(14(11-20)17(24)19-2)16(23)7-10-25-15-6-4-3-5-13(15)18/h3-6,14H,7-11H2,1-2H3,(H,19,24). The summed E-state index contributed by atoms with van der Waals surface area (Å²) in [4.78, 5) is 39.0. The maximum absolute atomic E-state index is 13.5. The number of hydrogen-bond acceptors (Lipinski definition) is 4. The first-order valence-corrected chi connectivity index (χ1v) is 8.08. The second kappa shape index (κ2) is 8.46. The van der Waals surface area contributed by atoms with E-state index in [2.05, 4.69) is 5.32 Å². The molecule has 0 radical (unpaired) electrons. The van der Waals surface area contributed by atoms with E-state index < -0.39 is 11.9 Å². The van der Waals surface area contributed by atoms with Crippen LogP contribution in [0.5, 0.6) is 5.75 Å². The van der Waals surface area contributed by atoms with Crippen LogP contribution in [-0.2, 0) is 14.4 Å². The molecule has 1 unspecified atom stereocenters. The smallest absolute Gasteiger partial charge is 0.244 e. The third-order valence-corrected chi connectivity index (χ3v) is 4.11. The molecule has 1 aliphatic rings. The van der Waals surface area contributed by atoms with E-state index in [-0.39, 0.29) is 49.6 Å². The van der Waals surface area contributed by atoms with E-state index in [0.29, 0.717) is 6.54 Å². The molecular formula is C17H22FN3O4. The number of ether oxygens (including phenoxy) is 1. The molecule has 8 heteroatoms. The van der Waals surface area contributed by atoms with E-state index in [1.807, 2.05) is 0 Å². The van der Waals surface area contributed by atoms with Crippen molar-refractivity contribution in [1.82, 2.24) is 15.1 Å². The molecule has 0 aromatic heterocycles. The predicted molar refractivity (Wildman–Crippen MR) is 88.3 cm³/mol. The fraction of sp³-hybridized carbons (Fsp3) is 0.471. The second-order valence-corrected chi connectivity index (χ2v) is 5.71. The van der Waals surface area contributed by atoms with E-state index >= 15 is 0 Å². The van der Waals surface area contributed by atoms with E-state index in [1.165, 1.54) is 31.0 Å². The molecule has 1 aromatic carbocycles. The van der Waals surface area contributed by atoms with Gasteiger partial charge < -0.3 is 19.9 Å². The number of likely N-dealkylation sites (N-methyl/N-ethyl adjacent to an activating group) is 1. The molecule has 0 bridgehead atoms. The molecule has 1 fully saturated rings. The molecule has 1 atom stereocenters. The normalized spacial score (nSPS) is 17.2. The van der Waals surface area contributed by atoms with Crippen molar-refractivity contribution in [2.45, 2.75) is 19.4 Å². The van der Waals surface area contributed by atoms with Crippen molar-refractivity contribution in [3.05, 3.63) is 30.1 Å². The fourth-order valence-electron chi connectivity index (χ4n) is 2.71. The SMILES string of the molecule is CNC(=O)C1CN(C(C)=O)CCN1C(=O)CCOc1ccccc1F. The van der Waals surface area contributed by atoms with Crippen LogP contribution in [-0.4, -0.2) is 66.9 Å². The van der Waals surface area contributed by atoms with Crippen LogP contribution in [0.25, 0.3) is 0 Å². The van der Waals surface area contributed by atoms with E-state index in [1.54, 1.807) is 17.0 Å². The molecule has 1 aromatic rings. The quantitative estimate of drug-likeness (QED) is 0.833. The monoisotopic (exact) mass is 351 g/mol. The third-order valence-electron chi connectivity index (χ3n) is 4.11. The van der Waals surface area contributed by atoms with Gasteiger partial charge in [-0.1, -0.05) is 12.1 Å². The van der Waals surface area contributed by atoms with E-state index in [4.69, 9.17) is 4.74 Å². The molecule has 0 aliphatic carbocycles. The lowest BCUT2D eigenvalue weighted by atomic mass is 10.1. The highest BCUT2D eigenvalue weighted by Crippen LogP contribution is 2.16. The van der Waals surface area contributed by atoms with Crippen LogP contribution in [0.4, 0.5) is 4.39 Å². The van der Waals surface area contributed by atoms with Crippen LogP contribution in [0.2, 0.25) is 0 Å². The van der Waals surface area contributed by atoms with Crippen molar-refractivity contribution in [3.63, 3.8) is 0 Å². The Morgan fingerprint density at radius 3 is 2.64 bits per heavy atom. The molecule has 136 valence electrons. The molecule has 0 saturated carbocycles. The van der Waals surface area contributed by atoms with Crippen LogP contribution in [0.15, 0.2) is 24.3 Å². The van der Waals surface area contributed by atoms with Gasteiger partial charge in [-0.05, 0) is 12.1 Å². The zero-order valence-electron chi connectivity index (χ0n) is 14.3. The maximum atomic E-state index is 13.5. The summed E-state index contributed by atoms with van der Waals surface area (Å²) in [6.07, 6.45) is 0.0158. The van der Waals surface area contributed by atoms with Crippen molar-refractivity contribution >= 4 is 17.7 Å². The third kappa shape index (κ3) is 4.68. The number of carbonyl (C=O) groups excluding carboxylic acids is 3. The Morgan fingerprint density at radius 2 is 2.00 bits per heavy atom. The van der Waals surface area contributed by atoms with Crippen molar-refractivity contribution in [2.24, 2.45) is 0 Å². The fourth-order valence-corrected chi connectivity index (χ4v) is 2.71. The lowest BCUT2D eigenvalue weighted by Crippen LogP contribution is -2.61. The Hall–Kier alpha value is -2.64. The van der Waals surface area contributed by atoms with Gasteiger partial charge in [0.1, 0.15) is 6.04 Å². The average Bonchev–Trinajstić information content (AvgIpc) is 2.61. The number of benzene rings is 1. The number of amides is 3. The minimum Gasteiger partial charge on any atom is -0.490 e. The van der Waals surface area contributed by atoms with Crippen LogP contribution in [0.1, 0.15) is 13.3 Å². The van der Waals surface area contributed by atoms with E-state index in [0.717, 1.165) is 0 Å². The number of halogens is 1. The first kappa shape index (κ1) is 18.7. The largest absolute Gasteiger partial charge is 0.490 e. The van der Waals surface area contributed by atoms with Gasteiger partial charge in [0, 0.05) is 27.1 Å². The minimum absolute atomic E-state index is 0.00710. The number of para-hydroxylation sites is 1. The Kier molecular flexibility index (Phi) is 6.32. The van der Waals surface area contributed by atoms with Crippen molar-refractivity contribution < 1.29 is 23.5 Å². The number of carbonyl (C=O) groups is 3. The van der Waals surface area contributed by atoms with Gasteiger partial charge >= 0.3 is 0 Å². The van der Waals surface area contributed by atoms with Crippen LogP contribution in [0.3, 0.4) is 0 Å². The highest BCUT2D eigenvalue weighted by molar-refractivity contribution is 5.89. The zero-order valence-corrected chi connectivity index (χ0v) is 14.3.